The van der Waals surface area contributed by atoms with Crippen molar-refractivity contribution >= 4 is 21.4 Å². The van der Waals surface area contributed by atoms with E-state index in [9.17, 15) is 8.42 Å². The minimum absolute atomic E-state index is 0.0237. The van der Waals surface area contributed by atoms with Gasteiger partial charge in [0.15, 0.2) is 0 Å². The number of rotatable bonds is 4. The summed E-state index contributed by atoms with van der Waals surface area (Å²) in [6, 6.07) is 4.36. The van der Waals surface area contributed by atoms with E-state index >= 15 is 0 Å². The highest BCUT2D eigenvalue weighted by Gasteiger charge is 2.09. The van der Waals surface area contributed by atoms with Crippen LogP contribution in [0.4, 0.5) is 11.4 Å². The number of imidazole rings is 1. The Morgan fingerprint density at radius 3 is 2.72 bits per heavy atom. The molecule has 2 aromatic rings. The van der Waals surface area contributed by atoms with Crippen LogP contribution in [0.5, 0.6) is 0 Å². The average molecular weight is 267 g/mol. The number of hydrogen-bond acceptors (Lipinski definition) is 5. The molecule has 0 amide bonds. The molecule has 0 aliphatic heterocycles. The van der Waals surface area contributed by atoms with Crippen molar-refractivity contribution in [1.82, 2.24) is 9.97 Å². The first-order chi connectivity index (χ1) is 8.45. The number of aromatic nitrogens is 2. The van der Waals surface area contributed by atoms with Gasteiger partial charge in [0, 0.05) is 23.8 Å². The number of benzene rings is 1. The van der Waals surface area contributed by atoms with Crippen LogP contribution in [0.1, 0.15) is 5.82 Å². The number of nitrogens with one attached hydrogen (secondary N) is 2. The maximum Gasteiger partial charge on any atom is 0.238 e. The van der Waals surface area contributed by atoms with Crippen LogP contribution in [-0.2, 0) is 16.6 Å². The van der Waals surface area contributed by atoms with Gasteiger partial charge in [-0.05, 0) is 18.2 Å². The molecule has 0 saturated heterocycles. The molecule has 1 aromatic carbocycles. The van der Waals surface area contributed by atoms with Gasteiger partial charge in [0.2, 0.25) is 10.0 Å². The van der Waals surface area contributed by atoms with E-state index in [1.54, 1.807) is 18.5 Å². The van der Waals surface area contributed by atoms with Crippen LogP contribution in [0.15, 0.2) is 35.5 Å². The molecular weight excluding hydrogens is 254 g/mol. The van der Waals surface area contributed by atoms with E-state index in [1.165, 1.54) is 12.1 Å². The largest absolute Gasteiger partial charge is 0.399 e. The molecule has 0 spiro atoms. The maximum absolute atomic E-state index is 11.2. The lowest BCUT2D eigenvalue weighted by Crippen LogP contribution is -2.13. The topological polar surface area (TPSA) is 127 Å². The van der Waals surface area contributed by atoms with Gasteiger partial charge in [0.05, 0.1) is 11.4 Å². The van der Waals surface area contributed by atoms with Crippen molar-refractivity contribution in [2.24, 2.45) is 5.14 Å². The first-order valence-electron chi connectivity index (χ1n) is 5.10. The fraction of sp³-hybridized carbons (Fsp3) is 0.100. The number of primary sulfonamides is 1. The molecule has 0 aliphatic carbocycles. The van der Waals surface area contributed by atoms with Crippen LogP contribution in [0.25, 0.3) is 0 Å². The molecule has 0 fully saturated rings. The van der Waals surface area contributed by atoms with Gasteiger partial charge in [-0.15, -0.1) is 0 Å². The van der Waals surface area contributed by atoms with E-state index in [2.05, 4.69) is 15.3 Å². The summed E-state index contributed by atoms with van der Waals surface area (Å²) < 4.78 is 22.5. The Morgan fingerprint density at radius 1 is 1.33 bits per heavy atom. The highest BCUT2D eigenvalue weighted by Crippen LogP contribution is 2.19. The second kappa shape index (κ2) is 4.67. The summed E-state index contributed by atoms with van der Waals surface area (Å²) in [5, 5.41) is 8.06. The lowest BCUT2D eigenvalue weighted by Gasteiger charge is -2.08. The third-order valence-electron chi connectivity index (χ3n) is 2.27. The number of hydrogen-bond donors (Lipinski definition) is 4. The van der Waals surface area contributed by atoms with Crippen LogP contribution in [-0.4, -0.2) is 18.4 Å². The minimum atomic E-state index is -3.76. The van der Waals surface area contributed by atoms with Crippen LogP contribution in [0.2, 0.25) is 0 Å². The fourth-order valence-electron chi connectivity index (χ4n) is 1.47. The third-order valence-corrected chi connectivity index (χ3v) is 3.16. The zero-order valence-corrected chi connectivity index (χ0v) is 10.2. The summed E-state index contributed by atoms with van der Waals surface area (Å²) in [4.78, 5) is 6.93. The summed E-state index contributed by atoms with van der Waals surface area (Å²) in [5.41, 5.74) is 6.51. The normalized spacial score (nSPS) is 11.4. The SMILES string of the molecule is Nc1cc(NCc2ncc[nH]2)cc(S(N)(=O)=O)c1. The molecule has 0 unspecified atom stereocenters. The van der Waals surface area contributed by atoms with Gasteiger partial charge in [0.25, 0.3) is 0 Å². The molecule has 0 saturated carbocycles. The first kappa shape index (κ1) is 12.4. The number of nitrogens with zero attached hydrogens (tertiary/aromatic N) is 1. The molecule has 0 bridgehead atoms. The van der Waals surface area contributed by atoms with E-state index in [4.69, 9.17) is 10.9 Å². The van der Waals surface area contributed by atoms with E-state index in [0.29, 0.717) is 17.9 Å². The van der Waals surface area contributed by atoms with E-state index in [1.807, 2.05) is 0 Å². The zero-order valence-electron chi connectivity index (χ0n) is 9.42. The summed E-state index contributed by atoms with van der Waals surface area (Å²) in [7, 11) is -3.76. The second-order valence-corrected chi connectivity index (χ2v) is 5.29. The number of nitrogen functional groups attached to an aromatic ring is 1. The third kappa shape index (κ3) is 2.99. The van der Waals surface area contributed by atoms with Crippen molar-refractivity contribution in [2.45, 2.75) is 11.4 Å². The van der Waals surface area contributed by atoms with Crippen LogP contribution in [0.3, 0.4) is 0 Å². The van der Waals surface area contributed by atoms with E-state index in [-0.39, 0.29) is 4.90 Å². The highest BCUT2D eigenvalue weighted by atomic mass is 32.2. The van der Waals surface area contributed by atoms with Gasteiger partial charge < -0.3 is 16.0 Å². The fourth-order valence-corrected chi connectivity index (χ4v) is 2.06. The quantitative estimate of drug-likeness (QED) is 0.590. The minimum Gasteiger partial charge on any atom is -0.399 e. The lowest BCUT2D eigenvalue weighted by molar-refractivity contribution is 0.598. The molecular formula is C10H13N5O2S. The Labute approximate surface area is 104 Å². The van der Waals surface area contributed by atoms with Crippen molar-refractivity contribution in [3.63, 3.8) is 0 Å². The molecule has 96 valence electrons. The monoisotopic (exact) mass is 267 g/mol. The Bertz CT molecular complexity index is 636. The molecule has 18 heavy (non-hydrogen) atoms. The van der Waals surface area contributed by atoms with Crippen LogP contribution < -0.4 is 16.2 Å². The molecule has 0 atom stereocenters. The van der Waals surface area contributed by atoms with E-state index in [0.717, 1.165) is 5.82 Å². The first-order valence-corrected chi connectivity index (χ1v) is 6.65. The predicted octanol–water partition coefficient (Wildman–Crippen LogP) is 0.251. The van der Waals surface area contributed by atoms with Gasteiger partial charge in [-0.2, -0.15) is 0 Å². The Hall–Kier alpha value is -2.06. The number of anilines is 2. The molecule has 6 N–H and O–H groups in total. The number of H-pyrrole nitrogens is 1. The number of nitrogens with two attached hydrogens (primary N) is 2. The Balaban J connectivity index is 2.21. The summed E-state index contributed by atoms with van der Waals surface area (Å²) in [6.45, 7) is 0.431. The predicted molar refractivity (Wildman–Crippen MR) is 68.1 cm³/mol. The van der Waals surface area contributed by atoms with Crippen molar-refractivity contribution < 1.29 is 8.42 Å². The highest BCUT2D eigenvalue weighted by molar-refractivity contribution is 7.89. The van der Waals surface area contributed by atoms with Crippen molar-refractivity contribution in [3.8, 4) is 0 Å². The van der Waals surface area contributed by atoms with Crippen LogP contribution >= 0.6 is 0 Å². The smallest absolute Gasteiger partial charge is 0.238 e. The summed E-state index contributed by atoms with van der Waals surface area (Å²) in [6.07, 6.45) is 3.33. The summed E-state index contributed by atoms with van der Waals surface area (Å²) in [5.74, 6) is 0.731. The second-order valence-electron chi connectivity index (χ2n) is 3.73. The standard InChI is InChI=1S/C10H13N5O2S/c11-7-3-8(5-9(4-7)18(12,16)17)15-6-10-13-1-2-14-10/h1-5,15H,6,11H2,(H,13,14)(H2,12,16,17). The van der Waals surface area contributed by atoms with Gasteiger partial charge in [0.1, 0.15) is 5.82 Å². The molecule has 1 aromatic heterocycles. The molecule has 0 radical (unpaired) electrons. The van der Waals surface area contributed by atoms with Crippen molar-refractivity contribution in [1.29, 1.82) is 0 Å². The number of sulfonamides is 1. The van der Waals surface area contributed by atoms with Crippen LogP contribution in [0, 0.1) is 0 Å². The van der Waals surface area contributed by atoms with E-state index < -0.39 is 10.0 Å². The Morgan fingerprint density at radius 2 is 2.11 bits per heavy atom. The summed E-state index contributed by atoms with van der Waals surface area (Å²) >= 11 is 0. The molecule has 0 aliphatic rings. The molecule has 7 nitrogen and oxygen atoms in total. The van der Waals surface area contributed by atoms with Crippen molar-refractivity contribution in [2.75, 3.05) is 11.1 Å². The Kier molecular flexibility index (Phi) is 3.21. The van der Waals surface area contributed by atoms with Gasteiger partial charge >= 0.3 is 0 Å². The molecule has 2 rings (SSSR count). The number of aromatic amines is 1. The zero-order chi connectivity index (χ0) is 13.2. The average Bonchev–Trinajstić information content (AvgIpc) is 2.77. The van der Waals surface area contributed by atoms with Crippen molar-refractivity contribution in [3.05, 3.63) is 36.4 Å². The maximum atomic E-state index is 11.2. The lowest BCUT2D eigenvalue weighted by atomic mass is 10.3. The molecule has 8 heteroatoms. The molecule has 1 heterocycles. The van der Waals surface area contributed by atoms with Gasteiger partial charge in [-0.3, -0.25) is 0 Å². The van der Waals surface area contributed by atoms with Gasteiger partial charge in [-0.25, -0.2) is 18.5 Å². The van der Waals surface area contributed by atoms with Gasteiger partial charge in [-0.1, -0.05) is 0 Å².